The molecule has 0 N–H and O–H groups in total. The van der Waals surface area contributed by atoms with Crippen molar-refractivity contribution in [2.45, 2.75) is 38.8 Å². The molecule has 1 saturated heterocycles. The van der Waals surface area contributed by atoms with E-state index in [2.05, 4.69) is 11.9 Å². The molecule has 2 amide bonds. The standard InChI is InChI=1S/C25H29N3O3S/c1-4-5-14-28-23(29)15-19(24(28)17-10-12-18(31-3)13-11-17)25(30)27(2)16-22-26-20-8-6-7-9-21(20)32-22/h6-13,19,24H,4-5,14-16H2,1-3H3. The SMILES string of the molecule is CCCCN1C(=O)CC(C(=O)N(C)Cc2nc3ccccc3s2)C1c1ccc(OC)cc1. The van der Waals surface area contributed by atoms with E-state index in [1.807, 2.05) is 53.4 Å². The van der Waals surface area contributed by atoms with Gasteiger partial charge < -0.3 is 14.5 Å². The maximum atomic E-state index is 13.5. The van der Waals surface area contributed by atoms with E-state index in [4.69, 9.17) is 4.74 Å². The third kappa shape index (κ3) is 4.48. The van der Waals surface area contributed by atoms with E-state index in [1.165, 1.54) is 0 Å². The molecular formula is C25H29N3O3S. The Hall–Kier alpha value is -2.93. The number of carbonyl (C=O) groups excluding carboxylic acids is 2. The number of aromatic nitrogens is 1. The van der Waals surface area contributed by atoms with Gasteiger partial charge in [0, 0.05) is 20.0 Å². The molecule has 2 unspecified atom stereocenters. The quantitative estimate of drug-likeness (QED) is 0.500. The first-order valence-electron chi connectivity index (χ1n) is 11.0. The lowest BCUT2D eigenvalue weighted by Crippen LogP contribution is -2.37. The molecule has 0 bridgehead atoms. The molecule has 0 saturated carbocycles. The normalized spacial score (nSPS) is 18.3. The molecule has 7 heteroatoms. The van der Waals surface area contributed by atoms with Gasteiger partial charge in [-0.3, -0.25) is 9.59 Å². The van der Waals surface area contributed by atoms with Gasteiger partial charge in [-0.1, -0.05) is 37.6 Å². The topological polar surface area (TPSA) is 62.7 Å². The molecule has 1 aliphatic rings. The van der Waals surface area contributed by atoms with Gasteiger partial charge >= 0.3 is 0 Å². The molecule has 1 aromatic heterocycles. The maximum absolute atomic E-state index is 13.5. The summed E-state index contributed by atoms with van der Waals surface area (Å²) in [6, 6.07) is 15.4. The van der Waals surface area contributed by atoms with Crippen LogP contribution in [0.4, 0.5) is 0 Å². The molecule has 2 aromatic carbocycles. The fraction of sp³-hybridized carbons (Fsp3) is 0.400. The Bertz CT molecular complexity index is 1060. The van der Waals surface area contributed by atoms with E-state index < -0.39 is 5.92 Å². The summed E-state index contributed by atoms with van der Waals surface area (Å²) >= 11 is 1.60. The molecule has 32 heavy (non-hydrogen) atoms. The minimum Gasteiger partial charge on any atom is -0.497 e. The van der Waals surface area contributed by atoms with Crippen molar-refractivity contribution in [3.63, 3.8) is 0 Å². The second-order valence-electron chi connectivity index (χ2n) is 8.24. The van der Waals surface area contributed by atoms with E-state index in [0.717, 1.165) is 39.4 Å². The van der Waals surface area contributed by atoms with E-state index >= 15 is 0 Å². The molecule has 168 valence electrons. The Kier molecular flexibility index (Phi) is 6.74. The summed E-state index contributed by atoms with van der Waals surface area (Å²) in [7, 11) is 3.43. The Labute approximate surface area is 192 Å². The van der Waals surface area contributed by atoms with Crippen molar-refractivity contribution in [3.8, 4) is 5.75 Å². The molecular weight excluding hydrogens is 422 g/mol. The number of ether oxygens (including phenoxy) is 1. The zero-order chi connectivity index (χ0) is 22.7. The molecule has 0 radical (unpaired) electrons. The molecule has 2 atom stereocenters. The molecule has 0 spiro atoms. The number of rotatable bonds is 8. The van der Waals surface area contributed by atoms with Gasteiger partial charge in [0.2, 0.25) is 11.8 Å². The average Bonchev–Trinajstić information content (AvgIpc) is 3.37. The van der Waals surface area contributed by atoms with E-state index in [-0.39, 0.29) is 24.3 Å². The average molecular weight is 452 g/mol. The fourth-order valence-electron chi connectivity index (χ4n) is 4.37. The summed E-state index contributed by atoms with van der Waals surface area (Å²) in [5.41, 5.74) is 1.92. The van der Waals surface area contributed by atoms with Crippen LogP contribution in [0.1, 0.15) is 42.8 Å². The third-order valence-corrected chi connectivity index (χ3v) is 7.07. The molecule has 3 aromatic rings. The number of unbranched alkanes of at least 4 members (excludes halogenated alkanes) is 1. The number of para-hydroxylation sites is 1. The summed E-state index contributed by atoms with van der Waals surface area (Å²) in [6.45, 7) is 3.21. The molecule has 1 aliphatic heterocycles. The first-order valence-corrected chi connectivity index (χ1v) is 11.9. The third-order valence-electron chi connectivity index (χ3n) is 6.05. The number of carbonyl (C=O) groups is 2. The number of benzene rings is 2. The van der Waals surface area contributed by atoms with Crippen LogP contribution in [0.5, 0.6) is 5.75 Å². The number of methoxy groups -OCH3 is 1. The van der Waals surface area contributed by atoms with E-state index in [9.17, 15) is 9.59 Å². The smallest absolute Gasteiger partial charge is 0.228 e. The Morgan fingerprint density at radius 2 is 1.97 bits per heavy atom. The highest BCUT2D eigenvalue weighted by atomic mass is 32.1. The number of likely N-dealkylation sites (tertiary alicyclic amines) is 1. The minimum atomic E-state index is -0.410. The number of nitrogens with zero attached hydrogens (tertiary/aromatic N) is 3. The van der Waals surface area contributed by atoms with Crippen molar-refractivity contribution in [1.82, 2.24) is 14.8 Å². The summed E-state index contributed by atoms with van der Waals surface area (Å²) in [4.78, 5) is 34.7. The van der Waals surface area contributed by atoms with Crippen molar-refractivity contribution in [3.05, 3.63) is 59.1 Å². The lowest BCUT2D eigenvalue weighted by Gasteiger charge is -2.30. The highest BCUT2D eigenvalue weighted by Gasteiger charge is 2.45. The highest BCUT2D eigenvalue weighted by Crippen LogP contribution is 2.40. The van der Waals surface area contributed by atoms with Crippen LogP contribution in [0.2, 0.25) is 0 Å². The number of hydrogen-bond acceptors (Lipinski definition) is 5. The van der Waals surface area contributed by atoms with Crippen LogP contribution in [-0.2, 0) is 16.1 Å². The second-order valence-corrected chi connectivity index (χ2v) is 9.35. The highest BCUT2D eigenvalue weighted by molar-refractivity contribution is 7.18. The first-order chi connectivity index (χ1) is 15.5. The summed E-state index contributed by atoms with van der Waals surface area (Å²) in [5, 5.41) is 0.898. The van der Waals surface area contributed by atoms with Crippen LogP contribution in [0, 0.1) is 5.92 Å². The van der Waals surface area contributed by atoms with Gasteiger partial charge in [0.25, 0.3) is 0 Å². The van der Waals surface area contributed by atoms with E-state index in [0.29, 0.717) is 13.1 Å². The molecule has 6 nitrogen and oxygen atoms in total. The second kappa shape index (κ2) is 9.69. The molecule has 2 heterocycles. The van der Waals surface area contributed by atoms with Crippen LogP contribution in [0.3, 0.4) is 0 Å². The van der Waals surface area contributed by atoms with Crippen molar-refractivity contribution in [2.24, 2.45) is 5.92 Å². The lowest BCUT2D eigenvalue weighted by molar-refractivity contribution is -0.135. The summed E-state index contributed by atoms with van der Waals surface area (Å²) in [6.07, 6.45) is 2.15. The van der Waals surface area contributed by atoms with Gasteiger partial charge in [0.15, 0.2) is 0 Å². The van der Waals surface area contributed by atoms with Crippen LogP contribution in [-0.4, -0.2) is 47.3 Å². The Balaban J connectivity index is 1.57. The number of amides is 2. The largest absolute Gasteiger partial charge is 0.497 e. The van der Waals surface area contributed by atoms with Crippen LogP contribution < -0.4 is 4.74 Å². The van der Waals surface area contributed by atoms with Crippen LogP contribution in [0.25, 0.3) is 10.2 Å². The predicted molar refractivity (Wildman–Crippen MR) is 127 cm³/mol. The van der Waals surface area contributed by atoms with Crippen LogP contribution >= 0.6 is 11.3 Å². The zero-order valence-electron chi connectivity index (χ0n) is 18.8. The van der Waals surface area contributed by atoms with Gasteiger partial charge in [-0.05, 0) is 36.2 Å². The van der Waals surface area contributed by atoms with Crippen LogP contribution in [0.15, 0.2) is 48.5 Å². The van der Waals surface area contributed by atoms with Gasteiger partial charge in [-0.25, -0.2) is 4.98 Å². The van der Waals surface area contributed by atoms with Crippen molar-refractivity contribution >= 4 is 33.4 Å². The molecule has 4 rings (SSSR count). The van der Waals surface area contributed by atoms with Crippen molar-refractivity contribution < 1.29 is 14.3 Å². The first kappa shape index (κ1) is 22.3. The van der Waals surface area contributed by atoms with Gasteiger partial charge in [0.05, 0.1) is 35.8 Å². The van der Waals surface area contributed by atoms with Crippen molar-refractivity contribution in [1.29, 1.82) is 0 Å². The number of hydrogen-bond donors (Lipinski definition) is 0. The summed E-state index contributed by atoms with van der Waals surface area (Å²) in [5.74, 6) is 0.379. The molecule has 1 fully saturated rings. The van der Waals surface area contributed by atoms with E-state index in [1.54, 1.807) is 30.4 Å². The number of thiazole rings is 1. The Morgan fingerprint density at radius 1 is 1.22 bits per heavy atom. The maximum Gasteiger partial charge on any atom is 0.228 e. The van der Waals surface area contributed by atoms with Gasteiger partial charge in [0.1, 0.15) is 10.8 Å². The molecule has 0 aliphatic carbocycles. The van der Waals surface area contributed by atoms with Gasteiger partial charge in [-0.2, -0.15) is 0 Å². The fourth-order valence-corrected chi connectivity index (χ4v) is 5.39. The van der Waals surface area contributed by atoms with Crippen molar-refractivity contribution in [2.75, 3.05) is 20.7 Å². The minimum absolute atomic E-state index is 0.0163. The zero-order valence-corrected chi connectivity index (χ0v) is 19.6. The monoisotopic (exact) mass is 451 g/mol. The lowest BCUT2D eigenvalue weighted by atomic mass is 9.92. The number of fused-ring (bicyclic) bond motifs is 1. The predicted octanol–water partition coefficient (Wildman–Crippen LogP) is 4.65. The summed E-state index contributed by atoms with van der Waals surface area (Å²) < 4.78 is 6.40. The van der Waals surface area contributed by atoms with Gasteiger partial charge in [-0.15, -0.1) is 11.3 Å². The Morgan fingerprint density at radius 3 is 2.66 bits per heavy atom.